The number of aryl methyl sites for hydroxylation is 1. The van der Waals surface area contributed by atoms with Crippen LogP contribution in [0.2, 0.25) is 0 Å². The fraction of sp³-hybridized carbons (Fsp3) is 0.250. The first kappa shape index (κ1) is 17.0. The third kappa shape index (κ3) is 3.68. The first-order valence-corrected chi connectivity index (χ1v) is 8.41. The lowest BCUT2D eigenvalue weighted by Gasteiger charge is -2.12. The smallest absolute Gasteiger partial charge is 0.346 e. The predicted octanol–water partition coefficient (Wildman–Crippen LogP) is 3.79. The Morgan fingerprint density at radius 1 is 1.13 bits per heavy atom. The molecule has 0 radical (unpaired) electrons. The highest BCUT2D eigenvalue weighted by atomic mass is 32.2. The van der Waals surface area contributed by atoms with Crippen LogP contribution in [0.25, 0.3) is 0 Å². The van der Waals surface area contributed by atoms with Gasteiger partial charge in [-0.2, -0.15) is 8.42 Å². The van der Waals surface area contributed by atoms with E-state index in [1.54, 1.807) is 18.2 Å². The lowest BCUT2D eigenvalue weighted by atomic mass is 9.98. The van der Waals surface area contributed by atoms with Crippen molar-refractivity contribution >= 4 is 15.8 Å². The SMILES string of the molecule is Cc1cc(OS(=O)(=O)c2ccccc2[N+](=O)[O-])ccc1C(C)C. The molecule has 0 fully saturated rings. The zero-order valence-corrected chi connectivity index (χ0v) is 13.8. The van der Waals surface area contributed by atoms with Crippen molar-refractivity contribution in [2.45, 2.75) is 31.6 Å². The molecule has 0 spiro atoms. The van der Waals surface area contributed by atoms with Crippen LogP contribution in [0.1, 0.15) is 30.9 Å². The van der Waals surface area contributed by atoms with Crippen molar-refractivity contribution < 1.29 is 17.5 Å². The maximum atomic E-state index is 12.3. The number of hydrogen-bond acceptors (Lipinski definition) is 5. The Balaban J connectivity index is 2.40. The van der Waals surface area contributed by atoms with E-state index >= 15 is 0 Å². The quantitative estimate of drug-likeness (QED) is 0.471. The molecule has 0 aliphatic heterocycles. The Hall–Kier alpha value is -2.41. The van der Waals surface area contributed by atoms with Crippen LogP contribution in [0.3, 0.4) is 0 Å². The largest absolute Gasteiger partial charge is 0.379 e. The van der Waals surface area contributed by atoms with Crippen LogP contribution in [0.15, 0.2) is 47.4 Å². The molecular formula is C16H17NO5S. The molecule has 122 valence electrons. The van der Waals surface area contributed by atoms with Gasteiger partial charge in [0.15, 0.2) is 4.90 Å². The Kier molecular flexibility index (Phi) is 4.70. The predicted molar refractivity (Wildman–Crippen MR) is 86.2 cm³/mol. The van der Waals surface area contributed by atoms with Gasteiger partial charge in [-0.3, -0.25) is 10.1 Å². The Morgan fingerprint density at radius 3 is 2.35 bits per heavy atom. The molecule has 0 heterocycles. The molecule has 0 atom stereocenters. The zero-order valence-electron chi connectivity index (χ0n) is 13.0. The van der Waals surface area contributed by atoms with Gasteiger partial charge in [0.25, 0.3) is 5.69 Å². The van der Waals surface area contributed by atoms with Crippen LogP contribution >= 0.6 is 0 Å². The van der Waals surface area contributed by atoms with E-state index < -0.39 is 25.6 Å². The maximum Gasteiger partial charge on any atom is 0.346 e. The minimum atomic E-state index is -4.28. The summed E-state index contributed by atoms with van der Waals surface area (Å²) in [7, 11) is -4.28. The van der Waals surface area contributed by atoms with E-state index in [1.807, 2.05) is 20.8 Å². The van der Waals surface area contributed by atoms with Gasteiger partial charge in [0.1, 0.15) is 5.75 Å². The van der Waals surface area contributed by atoms with E-state index in [0.29, 0.717) is 5.92 Å². The number of hydrogen-bond donors (Lipinski definition) is 0. The molecule has 0 saturated carbocycles. The van der Waals surface area contributed by atoms with Crippen LogP contribution in [0.4, 0.5) is 5.69 Å². The van der Waals surface area contributed by atoms with Crippen molar-refractivity contribution in [3.8, 4) is 5.75 Å². The second-order valence-electron chi connectivity index (χ2n) is 5.44. The maximum absolute atomic E-state index is 12.3. The fourth-order valence-corrected chi connectivity index (χ4v) is 3.43. The molecule has 0 aliphatic rings. The van der Waals surface area contributed by atoms with Crippen molar-refractivity contribution in [1.29, 1.82) is 0 Å². The van der Waals surface area contributed by atoms with E-state index in [0.717, 1.165) is 23.3 Å². The molecule has 0 aromatic heterocycles. The molecule has 23 heavy (non-hydrogen) atoms. The molecular weight excluding hydrogens is 318 g/mol. The van der Waals surface area contributed by atoms with Crippen molar-refractivity contribution in [3.05, 3.63) is 63.7 Å². The van der Waals surface area contributed by atoms with Crippen molar-refractivity contribution in [3.63, 3.8) is 0 Å². The first-order valence-electron chi connectivity index (χ1n) is 7.01. The number of benzene rings is 2. The van der Waals surface area contributed by atoms with Gasteiger partial charge in [0, 0.05) is 6.07 Å². The summed E-state index contributed by atoms with van der Waals surface area (Å²) in [5, 5.41) is 11.0. The van der Waals surface area contributed by atoms with Crippen molar-refractivity contribution in [1.82, 2.24) is 0 Å². The molecule has 2 aromatic carbocycles. The Labute approximate surface area is 135 Å². The van der Waals surface area contributed by atoms with Crippen LogP contribution in [-0.4, -0.2) is 13.3 Å². The number of nitro groups is 1. The van der Waals surface area contributed by atoms with Gasteiger partial charge in [-0.25, -0.2) is 0 Å². The minimum absolute atomic E-state index is 0.130. The summed E-state index contributed by atoms with van der Waals surface area (Å²) >= 11 is 0. The lowest BCUT2D eigenvalue weighted by Crippen LogP contribution is -2.12. The van der Waals surface area contributed by atoms with E-state index in [-0.39, 0.29) is 5.75 Å². The summed E-state index contributed by atoms with van der Waals surface area (Å²) in [6.07, 6.45) is 0. The van der Waals surface area contributed by atoms with Gasteiger partial charge < -0.3 is 4.18 Å². The molecule has 0 aliphatic carbocycles. The van der Waals surface area contributed by atoms with Gasteiger partial charge in [-0.1, -0.05) is 32.0 Å². The van der Waals surface area contributed by atoms with Gasteiger partial charge in [0.05, 0.1) is 4.92 Å². The second kappa shape index (κ2) is 6.37. The average molecular weight is 335 g/mol. The summed E-state index contributed by atoms with van der Waals surface area (Å²) in [6, 6.07) is 10.1. The fourth-order valence-electron chi connectivity index (χ4n) is 2.34. The Bertz CT molecular complexity index is 843. The normalized spacial score (nSPS) is 11.5. The molecule has 2 aromatic rings. The van der Waals surface area contributed by atoms with Crippen LogP contribution in [0.5, 0.6) is 5.75 Å². The zero-order chi connectivity index (χ0) is 17.2. The first-order chi connectivity index (χ1) is 10.7. The molecule has 0 amide bonds. The molecule has 0 bridgehead atoms. The number of nitrogens with zero attached hydrogens (tertiary/aromatic N) is 1. The number of rotatable bonds is 5. The second-order valence-corrected chi connectivity index (χ2v) is 6.95. The van der Waals surface area contributed by atoms with Gasteiger partial charge in [0.2, 0.25) is 0 Å². The van der Waals surface area contributed by atoms with Crippen molar-refractivity contribution in [2.24, 2.45) is 0 Å². The molecule has 0 unspecified atom stereocenters. The summed E-state index contributed by atoms with van der Waals surface area (Å²) in [5.74, 6) is 0.431. The van der Waals surface area contributed by atoms with E-state index in [2.05, 4.69) is 0 Å². The molecule has 2 rings (SSSR count). The summed E-state index contributed by atoms with van der Waals surface area (Å²) in [6.45, 7) is 5.93. The van der Waals surface area contributed by atoms with Gasteiger partial charge in [-0.15, -0.1) is 0 Å². The van der Waals surface area contributed by atoms with E-state index in [1.165, 1.54) is 12.1 Å². The molecule has 0 N–H and O–H groups in total. The molecule has 0 saturated heterocycles. The summed E-state index contributed by atoms with van der Waals surface area (Å²) < 4.78 is 29.7. The number of nitro benzene ring substituents is 1. The highest BCUT2D eigenvalue weighted by molar-refractivity contribution is 7.87. The molecule has 6 nitrogen and oxygen atoms in total. The third-order valence-corrected chi connectivity index (χ3v) is 4.70. The summed E-state index contributed by atoms with van der Waals surface area (Å²) in [5.41, 5.74) is 1.47. The van der Waals surface area contributed by atoms with Gasteiger partial charge in [-0.05, 0) is 42.2 Å². The third-order valence-electron chi connectivity index (χ3n) is 3.40. The summed E-state index contributed by atoms with van der Waals surface area (Å²) in [4.78, 5) is 9.77. The Morgan fingerprint density at radius 2 is 1.78 bits per heavy atom. The average Bonchev–Trinajstić information content (AvgIpc) is 2.46. The molecule has 7 heteroatoms. The van der Waals surface area contributed by atoms with Crippen LogP contribution in [-0.2, 0) is 10.1 Å². The lowest BCUT2D eigenvalue weighted by molar-refractivity contribution is -0.387. The standard InChI is InChI=1S/C16H17NO5S/c1-11(2)14-9-8-13(10-12(14)3)22-23(20,21)16-7-5-4-6-15(16)17(18)19/h4-11H,1-3H3. The van der Waals surface area contributed by atoms with Crippen LogP contribution in [0, 0.1) is 17.0 Å². The van der Waals surface area contributed by atoms with E-state index in [9.17, 15) is 18.5 Å². The minimum Gasteiger partial charge on any atom is -0.379 e. The van der Waals surface area contributed by atoms with Crippen molar-refractivity contribution in [2.75, 3.05) is 0 Å². The monoisotopic (exact) mass is 335 g/mol. The topological polar surface area (TPSA) is 86.5 Å². The van der Waals surface area contributed by atoms with Gasteiger partial charge >= 0.3 is 10.1 Å². The highest BCUT2D eigenvalue weighted by Crippen LogP contribution is 2.28. The number of para-hydroxylation sites is 1. The van der Waals surface area contributed by atoms with E-state index in [4.69, 9.17) is 4.18 Å². The van der Waals surface area contributed by atoms with Crippen LogP contribution < -0.4 is 4.18 Å². The highest BCUT2D eigenvalue weighted by Gasteiger charge is 2.27.